The van der Waals surface area contributed by atoms with Crippen LogP contribution in [0.3, 0.4) is 0 Å². The van der Waals surface area contributed by atoms with Gasteiger partial charge < -0.3 is 5.32 Å². The molecule has 0 unspecified atom stereocenters. The third-order valence-corrected chi connectivity index (χ3v) is 2.79. The van der Waals surface area contributed by atoms with Crippen LogP contribution in [0.2, 0.25) is 0 Å². The number of aromatic nitrogens is 2. The molecule has 0 saturated carbocycles. The van der Waals surface area contributed by atoms with Crippen LogP contribution < -0.4 is 16.4 Å². The van der Waals surface area contributed by atoms with E-state index in [1.54, 1.807) is 18.2 Å². The molecular weight excluding hydrogens is 258 g/mol. The van der Waals surface area contributed by atoms with E-state index in [-0.39, 0.29) is 22.1 Å². The molecule has 0 aliphatic carbocycles. The van der Waals surface area contributed by atoms with Gasteiger partial charge in [-0.15, -0.1) is 0 Å². The maximum atomic E-state index is 12.0. The molecule has 0 aliphatic rings. The van der Waals surface area contributed by atoms with Gasteiger partial charge in [-0.1, -0.05) is 26.8 Å². The largest absolute Gasteiger partial charge is 0.325 e. The van der Waals surface area contributed by atoms with Crippen molar-refractivity contribution in [1.82, 2.24) is 10.2 Å². The Labute approximate surface area is 115 Å². The molecule has 1 aromatic carbocycles. The smallest absolute Gasteiger partial charge is 0.272 e. The molecule has 106 valence electrons. The highest BCUT2D eigenvalue weighted by Gasteiger charge is 2.17. The average Bonchev–Trinajstić information content (AvgIpc) is 2.31. The highest BCUT2D eigenvalue weighted by Crippen LogP contribution is 2.21. The third-order valence-electron chi connectivity index (χ3n) is 2.79. The molecule has 1 heterocycles. The molecule has 2 rings (SSSR count). The van der Waals surface area contributed by atoms with Crippen LogP contribution in [-0.2, 0) is 4.79 Å². The Morgan fingerprint density at radius 1 is 1.15 bits per heavy atom. The van der Waals surface area contributed by atoms with Gasteiger partial charge in [-0.25, -0.2) is 0 Å². The number of benzene rings is 1. The quantitative estimate of drug-likeness (QED) is 0.776. The summed E-state index contributed by atoms with van der Waals surface area (Å²) >= 11 is 0. The Morgan fingerprint density at radius 2 is 1.80 bits per heavy atom. The van der Waals surface area contributed by atoms with Crippen molar-refractivity contribution < 1.29 is 4.79 Å². The summed E-state index contributed by atoms with van der Waals surface area (Å²) in [5.41, 5.74) is -0.639. The van der Waals surface area contributed by atoms with Crippen molar-refractivity contribution in [3.05, 3.63) is 38.9 Å². The highest BCUT2D eigenvalue weighted by molar-refractivity contribution is 6.01. The lowest BCUT2D eigenvalue weighted by molar-refractivity contribution is -0.117. The van der Waals surface area contributed by atoms with E-state index in [4.69, 9.17) is 0 Å². The van der Waals surface area contributed by atoms with Gasteiger partial charge in [0, 0.05) is 6.42 Å². The molecule has 0 saturated heterocycles. The number of fused-ring (bicyclic) bond motifs is 1. The number of nitrogens with one attached hydrogen (secondary N) is 3. The Bertz CT molecular complexity index is 766. The summed E-state index contributed by atoms with van der Waals surface area (Å²) in [4.78, 5) is 35.5. The second-order valence-corrected chi connectivity index (χ2v) is 5.92. The van der Waals surface area contributed by atoms with Crippen molar-refractivity contribution in [3.8, 4) is 0 Å². The second kappa shape index (κ2) is 4.96. The summed E-state index contributed by atoms with van der Waals surface area (Å²) in [7, 11) is 0. The molecule has 1 aromatic heterocycles. The standard InChI is InChI=1S/C14H17N3O3/c1-14(2,3)7-10(18)15-9-6-4-5-8-11(9)13(20)17-16-12(8)19/h4-6H,7H2,1-3H3,(H,15,18)(H,16,19)(H,17,20). The fourth-order valence-corrected chi connectivity index (χ4v) is 2.01. The molecular formula is C14H17N3O3. The van der Waals surface area contributed by atoms with Gasteiger partial charge >= 0.3 is 0 Å². The molecule has 0 bridgehead atoms. The van der Waals surface area contributed by atoms with E-state index >= 15 is 0 Å². The molecule has 3 N–H and O–H groups in total. The first kappa shape index (κ1) is 14.0. The van der Waals surface area contributed by atoms with Gasteiger partial charge in [0.15, 0.2) is 0 Å². The number of H-pyrrole nitrogens is 2. The van der Waals surface area contributed by atoms with Crippen LogP contribution in [-0.4, -0.2) is 16.1 Å². The van der Waals surface area contributed by atoms with Crippen LogP contribution in [0.25, 0.3) is 10.8 Å². The Morgan fingerprint density at radius 3 is 2.45 bits per heavy atom. The number of carbonyl (C=O) groups is 1. The summed E-state index contributed by atoms with van der Waals surface area (Å²) in [5.74, 6) is -0.190. The Kier molecular flexibility index (Phi) is 3.48. The molecule has 6 nitrogen and oxygen atoms in total. The lowest BCUT2D eigenvalue weighted by Crippen LogP contribution is -2.23. The van der Waals surface area contributed by atoms with Gasteiger partial charge in [0.1, 0.15) is 0 Å². The van der Waals surface area contributed by atoms with Gasteiger partial charge in [0.2, 0.25) is 5.91 Å². The van der Waals surface area contributed by atoms with Crippen LogP contribution in [0, 0.1) is 5.41 Å². The van der Waals surface area contributed by atoms with Crippen molar-refractivity contribution in [2.45, 2.75) is 27.2 Å². The van der Waals surface area contributed by atoms with E-state index in [1.165, 1.54) is 0 Å². The number of anilines is 1. The predicted molar refractivity (Wildman–Crippen MR) is 77.9 cm³/mol. The molecule has 1 amide bonds. The average molecular weight is 275 g/mol. The molecule has 2 aromatic rings. The zero-order valence-corrected chi connectivity index (χ0v) is 11.7. The third kappa shape index (κ3) is 2.96. The summed E-state index contributed by atoms with van der Waals surface area (Å²) in [6.07, 6.45) is 0.324. The summed E-state index contributed by atoms with van der Waals surface area (Å²) in [6.45, 7) is 5.85. The minimum absolute atomic E-state index is 0.154. The monoisotopic (exact) mass is 275 g/mol. The SMILES string of the molecule is CC(C)(C)CC(=O)Nc1cccc2c(=O)[nH][nH]c(=O)c12. The molecule has 0 fully saturated rings. The van der Waals surface area contributed by atoms with Crippen LogP contribution in [0.1, 0.15) is 27.2 Å². The zero-order chi connectivity index (χ0) is 14.9. The molecule has 0 radical (unpaired) electrons. The summed E-state index contributed by atoms with van der Waals surface area (Å²) in [5, 5.41) is 7.66. The van der Waals surface area contributed by atoms with Gasteiger partial charge in [-0.05, 0) is 17.5 Å². The number of hydrogen-bond donors (Lipinski definition) is 3. The second-order valence-electron chi connectivity index (χ2n) is 5.92. The topological polar surface area (TPSA) is 94.8 Å². The van der Waals surface area contributed by atoms with Crippen molar-refractivity contribution >= 4 is 22.4 Å². The summed E-state index contributed by atoms with van der Waals surface area (Å²) in [6, 6.07) is 4.78. The van der Waals surface area contributed by atoms with E-state index in [0.29, 0.717) is 12.1 Å². The van der Waals surface area contributed by atoms with E-state index in [9.17, 15) is 14.4 Å². The van der Waals surface area contributed by atoms with Crippen molar-refractivity contribution in [2.24, 2.45) is 5.41 Å². The highest BCUT2D eigenvalue weighted by atomic mass is 16.2. The molecule has 0 atom stereocenters. The number of aromatic amines is 2. The lowest BCUT2D eigenvalue weighted by atomic mass is 9.92. The minimum atomic E-state index is -0.439. The van der Waals surface area contributed by atoms with Crippen molar-refractivity contribution in [1.29, 1.82) is 0 Å². The maximum Gasteiger partial charge on any atom is 0.272 e. The first-order chi connectivity index (χ1) is 9.28. The first-order valence-corrected chi connectivity index (χ1v) is 6.31. The predicted octanol–water partition coefficient (Wildman–Crippen LogP) is 1.59. The molecule has 20 heavy (non-hydrogen) atoms. The zero-order valence-electron chi connectivity index (χ0n) is 11.7. The lowest BCUT2D eigenvalue weighted by Gasteiger charge is -2.17. The number of carbonyl (C=O) groups excluding carboxylic acids is 1. The van der Waals surface area contributed by atoms with Crippen LogP contribution >= 0.6 is 0 Å². The van der Waals surface area contributed by atoms with Crippen LogP contribution in [0.4, 0.5) is 5.69 Å². The number of hydrogen-bond acceptors (Lipinski definition) is 3. The Hall–Kier alpha value is -2.37. The van der Waals surface area contributed by atoms with E-state index < -0.39 is 11.1 Å². The van der Waals surface area contributed by atoms with E-state index in [1.807, 2.05) is 20.8 Å². The van der Waals surface area contributed by atoms with Gasteiger partial charge in [-0.3, -0.25) is 24.6 Å². The van der Waals surface area contributed by atoms with Crippen LogP contribution in [0.15, 0.2) is 27.8 Å². The number of amides is 1. The van der Waals surface area contributed by atoms with Crippen LogP contribution in [0.5, 0.6) is 0 Å². The first-order valence-electron chi connectivity index (χ1n) is 6.31. The van der Waals surface area contributed by atoms with Gasteiger partial charge in [-0.2, -0.15) is 0 Å². The van der Waals surface area contributed by atoms with Gasteiger partial charge in [0.05, 0.1) is 16.5 Å². The van der Waals surface area contributed by atoms with E-state index in [0.717, 1.165) is 0 Å². The fraction of sp³-hybridized carbons (Fsp3) is 0.357. The molecule has 0 spiro atoms. The van der Waals surface area contributed by atoms with Crippen molar-refractivity contribution in [3.63, 3.8) is 0 Å². The fourth-order valence-electron chi connectivity index (χ4n) is 2.01. The molecule has 0 aliphatic heterocycles. The van der Waals surface area contributed by atoms with Gasteiger partial charge in [0.25, 0.3) is 11.1 Å². The number of rotatable bonds is 2. The maximum absolute atomic E-state index is 12.0. The summed E-state index contributed by atoms with van der Waals surface area (Å²) < 4.78 is 0. The Balaban J connectivity index is 2.46. The van der Waals surface area contributed by atoms with Crippen molar-refractivity contribution in [2.75, 3.05) is 5.32 Å². The normalized spacial score (nSPS) is 11.6. The van der Waals surface area contributed by atoms with E-state index in [2.05, 4.69) is 15.5 Å². The molecule has 6 heteroatoms. The minimum Gasteiger partial charge on any atom is -0.325 e.